The molecule has 0 saturated heterocycles. The fourth-order valence-electron chi connectivity index (χ4n) is 2.38. The molecule has 0 aliphatic carbocycles. The van der Waals surface area contributed by atoms with Crippen LogP contribution in [0.25, 0.3) is 0 Å². The van der Waals surface area contributed by atoms with Gasteiger partial charge in [0.25, 0.3) is 5.91 Å². The highest BCUT2D eigenvalue weighted by molar-refractivity contribution is 7.15. The van der Waals surface area contributed by atoms with Crippen molar-refractivity contribution in [3.63, 3.8) is 0 Å². The lowest BCUT2D eigenvalue weighted by atomic mass is 10.2. The number of amides is 2. The zero-order chi connectivity index (χ0) is 16.2. The Morgan fingerprint density at radius 1 is 1.35 bits per heavy atom. The van der Waals surface area contributed by atoms with Crippen LogP contribution in [0.2, 0.25) is 0 Å². The van der Waals surface area contributed by atoms with Gasteiger partial charge in [-0.3, -0.25) is 10.1 Å². The van der Waals surface area contributed by atoms with Crippen molar-refractivity contribution in [3.05, 3.63) is 46.5 Å². The highest BCUT2D eigenvalue weighted by Crippen LogP contribution is 2.28. The maximum absolute atomic E-state index is 12.2. The number of anilines is 1. The van der Waals surface area contributed by atoms with Crippen LogP contribution in [0, 0.1) is 0 Å². The molecule has 6 nitrogen and oxygen atoms in total. The quantitative estimate of drug-likeness (QED) is 0.939. The van der Waals surface area contributed by atoms with Gasteiger partial charge in [-0.05, 0) is 19.1 Å². The number of fused-ring (bicyclic) bond motifs is 1. The maximum Gasteiger partial charge on any atom is 0.410 e. The minimum Gasteiger partial charge on any atom is -0.450 e. The van der Waals surface area contributed by atoms with Crippen LogP contribution >= 0.6 is 11.3 Å². The molecule has 0 bridgehead atoms. The molecular formula is C16H17N3O3S. The smallest absolute Gasteiger partial charge is 0.410 e. The molecule has 0 fully saturated rings. The van der Waals surface area contributed by atoms with Crippen molar-refractivity contribution in [2.24, 2.45) is 0 Å². The molecule has 1 aromatic heterocycles. The standard InChI is InChI=1S/C16H17N3O3S/c1-2-22-16(21)19-9-8-12-13(10-19)23-15(17-12)18-14(20)11-6-4-3-5-7-11/h3-7H,2,8-10H2,1H3,(H,17,18,20). The second-order valence-corrected chi connectivity index (χ2v) is 6.16. The van der Waals surface area contributed by atoms with E-state index in [2.05, 4.69) is 10.3 Å². The summed E-state index contributed by atoms with van der Waals surface area (Å²) in [5, 5.41) is 3.38. The van der Waals surface area contributed by atoms with Crippen LogP contribution in [0.3, 0.4) is 0 Å². The van der Waals surface area contributed by atoms with Crippen LogP contribution in [0.1, 0.15) is 27.9 Å². The first-order valence-electron chi connectivity index (χ1n) is 7.44. The van der Waals surface area contributed by atoms with Gasteiger partial charge in [-0.25, -0.2) is 9.78 Å². The third-order valence-electron chi connectivity index (χ3n) is 3.51. The lowest BCUT2D eigenvalue weighted by Crippen LogP contribution is -2.35. The highest BCUT2D eigenvalue weighted by Gasteiger charge is 2.25. The van der Waals surface area contributed by atoms with E-state index in [-0.39, 0.29) is 12.0 Å². The Bertz CT molecular complexity index is 715. The number of aromatic nitrogens is 1. The average molecular weight is 331 g/mol. The maximum atomic E-state index is 12.2. The molecule has 3 rings (SSSR count). The number of nitrogens with one attached hydrogen (secondary N) is 1. The Hall–Kier alpha value is -2.41. The van der Waals surface area contributed by atoms with Crippen molar-refractivity contribution in [3.8, 4) is 0 Å². The predicted molar refractivity (Wildman–Crippen MR) is 87.6 cm³/mol. The Kier molecular flexibility index (Phi) is 4.57. The second-order valence-electron chi connectivity index (χ2n) is 5.08. The number of benzene rings is 1. The molecule has 1 aliphatic rings. The molecule has 2 heterocycles. The van der Waals surface area contributed by atoms with Crippen molar-refractivity contribution in [2.45, 2.75) is 19.9 Å². The van der Waals surface area contributed by atoms with Gasteiger partial charge in [0, 0.05) is 23.4 Å². The summed E-state index contributed by atoms with van der Waals surface area (Å²) in [6.45, 7) is 3.22. The molecule has 1 N–H and O–H groups in total. The van der Waals surface area contributed by atoms with Gasteiger partial charge in [-0.1, -0.05) is 29.5 Å². The second kappa shape index (κ2) is 6.78. The minimum absolute atomic E-state index is 0.182. The molecule has 23 heavy (non-hydrogen) atoms. The minimum atomic E-state index is -0.304. The van der Waals surface area contributed by atoms with Crippen LogP contribution in [0.4, 0.5) is 9.93 Å². The van der Waals surface area contributed by atoms with E-state index in [1.54, 1.807) is 24.0 Å². The third kappa shape index (κ3) is 3.50. The van der Waals surface area contributed by atoms with E-state index >= 15 is 0 Å². The molecule has 2 amide bonds. The number of hydrogen-bond donors (Lipinski definition) is 1. The van der Waals surface area contributed by atoms with Gasteiger partial charge < -0.3 is 9.64 Å². The summed E-state index contributed by atoms with van der Waals surface area (Å²) in [5.41, 5.74) is 1.53. The third-order valence-corrected chi connectivity index (χ3v) is 4.51. The first kappa shape index (κ1) is 15.5. The van der Waals surface area contributed by atoms with E-state index in [1.165, 1.54) is 11.3 Å². The van der Waals surface area contributed by atoms with Gasteiger partial charge in [0.05, 0.1) is 18.8 Å². The molecule has 2 aromatic rings. The van der Waals surface area contributed by atoms with Gasteiger partial charge in [0.2, 0.25) is 0 Å². The molecular weight excluding hydrogens is 314 g/mol. The topological polar surface area (TPSA) is 71.5 Å². The van der Waals surface area contributed by atoms with Gasteiger partial charge in [0.15, 0.2) is 5.13 Å². The molecule has 0 atom stereocenters. The normalized spacial score (nSPS) is 13.3. The number of thiazole rings is 1. The van der Waals surface area contributed by atoms with Crippen molar-refractivity contribution >= 4 is 28.5 Å². The molecule has 0 saturated carbocycles. The zero-order valence-electron chi connectivity index (χ0n) is 12.7. The van der Waals surface area contributed by atoms with Crippen LogP contribution in [-0.2, 0) is 17.7 Å². The summed E-state index contributed by atoms with van der Waals surface area (Å²) >= 11 is 1.41. The summed E-state index contributed by atoms with van der Waals surface area (Å²) in [4.78, 5) is 31.1. The average Bonchev–Trinajstić information content (AvgIpc) is 2.97. The molecule has 1 aromatic carbocycles. The van der Waals surface area contributed by atoms with Gasteiger partial charge in [-0.2, -0.15) is 0 Å². The largest absolute Gasteiger partial charge is 0.450 e. The van der Waals surface area contributed by atoms with E-state index in [1.807, 2.05) is 18.2 Å². The van der Waals surface area contributed by atoms with Gasteiger partial charge >= 0.3 is 6.09 Å². The first-order valence-corrected chi connectivity index (χ1v) is 8.25. The predicted octanol–water partition coefficient (Wildman–Crippen LogP) is 2.91. The number of carbonyl (C=O) groups is 2. The van der Waals surface area contributed by atoms with Crippen LogP contribution in [0.5, 0.6) is 0 Å². The van der Waals surface area contributed by atoms with E-state index in [4.69, 9.17) is 4.74 Å². The van der Waals surface area contributed by atoms with Crippen molar-refractivity contribution in [1.82, 2.24) is 9.88 Å². The van der Waals surface area contributed by atoms with Crippen LogP contribution in [0.15, 0.2) is 30.3 Å². The molecule has 120 valence electrons. The number of hydrogen-bond acceptors (Lipinski definition) is 5. The molecule has 1 aliphatic heterocycles. The van der Waals surface area contributed by atoms with E-state index < -0.39 is 0 Å². The lowest BCUT2D eigenvalue weighted by Gasteiger charge is -2.24. The summed E-state index contributed by atoms with van der Waals surface area (Å²) in [7, 11) is 0. The number of carbonyl (C=O) groups excluding carboxylic acids is 2. The number of nitrogens with zero attached hydrogens (tertiary/aromatic N) is 2. The Balaban J connectivity index is 1.69. The first-order chi connectivity index (χ1) is 11.2. The fourth-order valence-corrected chi connectivity index (χ4v) is 3.40. The zero-order valence-corrected chi connectivity index (χ0v) is 13.6. The monoisotopic (exact) mass is 331 g/mol. The summed E-state index contributed by atoms with van der Waals surface area (Å²) in [5.74, 6) is -0.182. The van der Waals surface area contributed by atoms with Crippen LogP contribution in [-0.4, -0.2) is 35.0 Å². The molecule has 0 radical (unpaired) electrons. The van der Waals surface area contributed by atoms with Gasteiger partial charge in [0.1, 0.15) is 0 Å². The summed E-state index contributed by atoms with van der Waals surface area (Å²) < 4.78 is 5.03. The van der Waals surface area contributed by atoms with E-state index in [9.17, 15) is 9.59 Å². The van der Waals surface area contributed by atoms with Crippen molar-refractivity contribution in [2.75, 3.05) is 18.5 Å². The molecule has 0 spiro atoms. The summed E-state index contributed by atoms with van der Waals surface area (Å²) in [6, 6.07) is 9.01. The number of ether oxygens (including phenoxy) is 1. The van der Waals surface area contributed by atoms with E-state index in [0.29, 0.717) is 36.8 Å². The SMILES string of the molecule is CCOC(=O)N1CCc2nc(NC(=O)c3ccccc3)sc2C1. The number of rotatable bonds is 3. The Morgan fingerprint density at radius 3 is 2.87 bits per heavy atom. The Morgan fingerprint density at radius 2 is 2.13 bits per heavy atom. The molecule has 0 unspecified atom stereocenters. The van der Waals surface area contributed by atoms with E-state index in [0.717, 1.165) is 10.6 Å². The summed E-state index contributed by atoms with van der Waals surface area (Å²) in [6.07, 6.45) is 0.368. The molecule has 7 heteroatoms. The van der Waals surface area contributed by atoms with Gasteiger partial charge in [-0.15, -0.1) is 0 Å². The van der Waals surface area contributed by atoms with Crippen molar-refractivity contribution < 1.29 is 14.3 Å². The lowest BCUT2D eigenvalue weighted by molar-refractivity contribution is 0.102. The fraction of sp³-hybridized carbons (Fsp3) is 0.312. The van der Waals surface area contributed by atoms with Crippen molar-refractivity contribution in [1.29, 1.82) is 0 Å². The Labute approximate surface area is 138 Å². The highest BCUT2D eigenvalue weighted by atomic mass is 32.1. The van der Waals surface area contributed by atoms with Crippen LogP contribution < -0.4 is 5.32 Å².